The number of hydrazine groups is 1. The minimum absolute atomic E-state index is 0.824. The molecule has 0 aromatic heterocycles. The maximum Gasteiger partial charge on any atom is 0.110 e. The Morgan fingerprint density at radius 2 is 2.07 bits per heavy atom. The summed E-state index contributed by atoms with van der Waals surface area (Å²) in [5, 5.41) is 0. The average Bonchev–Trinajstić information content (AvgIpc) is 2.25. The first-order valence-electron chi connectivity index (χ1n) is 5.86. The van der Waals surface area contributed by atoms with Gasteiger partial charge in [-0.1, -0.05) is 32.1 Å². The molecule has 82 valence electrons. The van der Waals surface area contributed by atoms with Gasteiger partial charge in [0.15, 0.2) is 0 Å². The Morgan fingerprint density at radius 3 is 2.64 bits per heavy atom. The summed E-state index contributed by atoms with van der Waals surface area (Å²) in [6.07, 6.45) is 9.36. The second-order valence-corrected chi connectivity index (χ2v) is 4.11. The smallest absolute Gasteiger partial charge is 0.110 e. The molecule has 3 heteroatoms. The van der Waals surface area contributed by atoms with Crippen molar-refractivity contribution in [2.45, 2.75) is 51.9 Å². The van der Waals surface area contributed by atoms with Crippen molar-refractivity contribution < 1.29 is 0 Å². The van der Waals surface area contributed by atoms with Gasteiger partial charge in [0.1, 0.15) is 5.84 Å². The van der Waals surface area contributed by atoms with Crippen molar-refractivity contribution >= 4 is 5.84 Å². The molecule has 0 radical (unpaired) electrons. The molecule has 0 bridgehead atoms. The van der Waals surface area contributed by atoms with Gasteiger partial charge in [0.05, 0.1) is 0 Å². The fourth-order valence-electron chi connectivity index (χ4n) is 2.20. The SMILES string of the molecule is CCN=C(CCC1CCCCC1)NN. The van der Waals surface area contributed by atoms with E-state index in [-0.39, 0.29) is 0 Å². The third-order valence-electron chi connectivity index (χ3n) is 3.03. The number of nitrogens with zero attached hydrogens (tertiary/aromatic N) is 1. The summed E-state index contributed by atoms with van der Waals surface area (Å²) in [6.45, 7) is 2.86. The fourth-order valence-corrected chi connectivity index (χ4v) is 2.20. The molecule has 1 aliphatic rings. The minimum Gasteiger partial charge on any atom is -0.312 e. The number of amidine groups is 1. The van der Waals surface area contributed by atoms with Crippen LogP contribution in [0.1, 0.15) is 51.9 Å². The summed E-state index contributed by atoms with van der Waals surface area (Å²) in [7, 11) is 0. The predicted octanol–water partition coefficient (Wildman–Crippen LogP) is 2.23. The number of nitrogens with one attached hydrogen (secondary N) is 1. The van der Waals surface area contributed by atoms with E-state index in [0.29, 0.717) is 0 Å². The van der Waals surface area contributed by atoms with Gasteiger partial charge in [-0.2, -0.15) is 0 Å². The van der Waals surface area contributed by atoms with Gasteiger partial charge in [-0.25, -0.2) is 5.84 Å². The highest BCUT2D eigenvalue weighted by atomic mass is 15.2. The van der Waals surface area contributed by atoms with Gasteiger partial charge < -0.3 is 5.43 Å². The van der Waals surface area contributed by atoms with Crippen LogP contribution < -0.4 is 11.3 Å². The van der Waals surface area contributed by atoms with Crippen molar-refractivity contribution in [1.82, 2.24) is 5.43 Å². The zero-order chi connectivity index (χ0) is 10.2. The molecule has 0 saturated heterocycles. The van der Waals surface area contributed by atoms with Crippen LogP contribution in [0.25, 0.3) is 0 Å². The van der Waals surface area contributed by atoms with E-state index in [1.165, 1.54) is 38.5 Å². The Morgan fingerprint density at radius 1 is 1.36 bits per heavy atom. The lowest BCUT2D eigenvalue weighted by Crippen LogP contribution is -2.31. The van der Waals surface area contributed by atoms with Gasteiger partial charge in [0.25, 0.3) is 0 Å². The lowest BCUT2D eigenvalue weighted by Gasteiger charge is -2.21. The second-order valence-electron chi connectivity index (χ2n) is 4.11. The third-order valence-corrected chi connectivity index (χ3v) is 3.03. The number of aliphatic imine (C=N–C) groups is 1. The van der Waals surface area contributed by atoms with E-state index < -0.39 is 0 Å². The topological polar surface area (TPSA) is 50.4 Å². The van der Waals surface area contributed by atoms with Gasteiger partial charge in [-0.3, -0.25) is 4.99 Å². The normalized spacial score (nSPS) is 19.7. The molecule has 1 fully saturated rings. The lowest BCUT2D eigenvalue weighted by molar-refractivity contribution is 0.343. The van der Waals surface area contributed by atoms with Crippen LogP contribution in [0.2, 0.25) is 0 Å². The van der Waals surface area contributed by atoms with E-state index in [1.807, 2.05) is 6.92 Å². The van der Waals surface area contributed by atoms with E-state index in [9.17, 15) is 0 Å². The molecule has 1 rings (SSSR count). The Balaban J connectivity index is 2.20. The Kier molecular flexibility index (Phi) is 5.60. The predicted molar refractivity (Wildman–Crippen MR) is 61.1 cm³/mol. The minimum atomic E-state index is 0.824. The number of hydrogen-bond donors (Lipinski definition) is 2. The van der Waals surface area contributed by atoms with Crippen LogP contribution in [0.5, 0.6) is 0 Å². The average molecular weight is 197 g/mol. The molecule has 0 amide bonds. The fraction of sp³-hybridized carbons (Fsp3) is 0.909. The molecule has 3 nitrogen and oxygen atoms in total. The van der Waals surface area contributed by atoms with Crippen molar-refractivity contribution in [3.63, 3.8) is 0 Å². The molecule has 0 heterocycles. The standard InChI is InChI=1S/C11H23N3/c1-2-13-11(14-12)9-8-10-6-4-3-5-7-10/h10H,2-9,12H2,1H3,(H,13,14). The molecular weight excluding hydrogens is 174 g/mol. The quantitative estimate of drug-likeness (QED) is 0.314. The molecular formula is C11H23N3. The van der Waals surface area contributed by atoms with Crippen molar-refractivity contribution in [3.05, 3.63) is 0 Å². The highest BCUT2D eigenvalue weighted by Gasteiger charge is 2.13. The number of hydrogen-bond acceptors (Lipinski definition) is 2. The Hall–Kier alpha value is -0.570. The molecule has 0 unspecified atom stereocenters. The van der Waals surface area contributed by atoms with Crippen molar-refractivity contribution in [1.29, 1.82) is 0 Å². The zero-order valence-electron chi connectivity index (χ0n) is 9.26. The summed E-state index contributed by atoms with van der Waals surface area (Å²) < 4.78 is 0. The van der Waals surface area contributed by atoms with Gasteiger partial charge >= 0.3 is 0 Å². The van der Waals surface area contributed by atoms with Crippen LogP contribution in [0.3, 0.4) is 0 Å². The van der Waals surface area contributed by atoms with E-state index >= 15 is 0 Å². The summed E-state index contributed by atoms with van der Waals surface area (Å²) in [5.74, 6) is 7.28. The summed E-state index contributed by atoms with van der Waals surface area (Å²) in [4.78, 5) is 4.31. The zero-order valence-corrected chi connectivity index (χ0v) is 9.26. The highest BCUT2D eigenvalue weighted by molar-refractivity contribution is 5.81. The van der Waals surface area contributed by atoms with Crippen LogP contribution in [0.4, 0.5) is 0 Å². The third kappa shape index (κ3) is 4.09. The number of nitrogens with two attached hydrogens (primary N) is 1. The van der Waals surface area contributed by atoms with Crippen LogP contribution in [-0.2, 0) is 0 Å². The van der Waals surface area contributed by atoms with Crippen LogP contribution in [0.15, 0.2) is 4.99 Å². The van der Waals surface area contributed by atoms with Crippen LogP contribution in [-0.4, -0.2) is 12.4 Å². The van der Waals surface area contributed by atoms with Crippen molar-refractivity contribution in [2.75, 3.05) is 6.54 Å². The molecule has 0 aromatic rings. The first-order chi connectivity index (χ1) is 6.86. The van der Waals surface area contributed by atoms with Gasteiger partial charge in [0.2, 0.25) is 0 Å². The maximum atomic E-state index is 5.39. The van der Waals surface area contributed by atoms with Crippen molar-refractivity contribution in [2.24, 2.45) is 16.8 Å². The van der Waals surface area contributed by atoms with E-state index in [1.54, 1.807) is 0 Å². The van der Waals surface area contributed by atoms with E-state index in [0.717, 1.165) is 24.7 Å². The van der Waals surface area contributed by atoms with Crippen LogP contribution in [0, 0.1) is 5.92 Å². The van der Waals surface area contributed by atoms with Gasteiger partial charge in [-0.15, -0.1) is 0 Å². The second kappa shape index (κ2) is 6.82. The first-order valence-corrected chi connectivity index (χ1v) is 5.86. The monoisotopic (exact) mass is 197 g/mol. The van der Waals surface area contributed by atoms with Crippen LogP contribution >= 0.6 is 0 Å². The first kappa shape index (κ1) is 11.5. The summed E-state index contributed by atoms with van der Waals surface area (Å²) in [5.41, 5.74) is 2.69. The molecule has 0 atom stereocenters. The number of rotatable bonds is 4. The van der Waals surface area contributed by atoms with E-state index in [2.05, 4.69) is 10.4 Å². The van der Waals surface area contributed by atoms with Gasteiger partial charge in [-0.05, 0) is 19.3 Å². The van der Waals surface area contributed by atoms with Gasteiger partial charge in [0, 0.05) is 13.0 Å². The molecule has 0 spiro atoms. The Labute approximate surface area is 87.1 Å². The summed E-state index contributed by atoms with van der Waals surface area (Å²) >= 11 is 0. The summed E-state index contributed by atoms with van der Waals surface area (Å²) in [6, 6.07) is 0. The maximum absolute atomic E-state index is 5.39. The molecule has 14 heavy (non-hydrogen) atoms. The highest BCUT2D eigenvalue weighted by Crippen LogP contribution is 2.27. The molecule has 3 N–H and O–H groups in total. The lowest BCUT2D eigenvalue weighted by atomic mass is 9.86. The molecule has 0 aromatic carbocycles. The molecule has 0 aliphatic heterocycles. The molecule has 1 saturated carbocycles. The largest absolute Gasteiger partial charge is 0.312 e. The van der Waals surface area contributed by atoms with E-state index in [4.69, 9.17) is 5.84 Å². The van der Waals surface area contributed by atoms with Crippen molar-refractivity contribution in [3.8, 4) is 0 Å². The Bertz CT molecular complexity index is 171. The molecule has 1 aliphatic carbocycles.